The summed E-state index contributed by atoms with van der Waals surface area (Å²) in [5.74, 6) is -1.05. The maximum absolute atomic E-state index is 12.7. The number of unbranched alkanes of at least 4 members (excludes halogenated alkanes) is 15. The Bertz CT molecular complexity index is 1260. The predicted octanol–water partition coefficient (Wildman–Crippen LogP) is 15.2. The molecule has 59 heavy (non-hydrogen) atoms. The van der Waals surface area contributed by atoms with Crippen molar-refractivity contribution in [1.29, 1.82) is 0 Å². The lowest BCUT2D eigenvalue weighted by Gasteiger charge is -2.18. The maximum atomic E-state index is 12.7. The van der Waals surface area contributed by atoms with E-state index < -0.39 is 12.1 Å². The van der Waals surface area contributed by atoms with Crippen molar-refractivity contribution >= 4 is 17.9 Å². The van der Waals surface area contributed by atoms with Crippen LogP contribution in [0.15, 0.2) is 109 Å². The third kappa shape index (κ3) is 45.0. The summed E-state index contributed by atoms with van der Waals surface area (Å²) < 4.78 is 16.6. The molecule has 0 aliphatic heterocycles. The topological polar surface area (TPSA) is 78.9 Å². The van der Waals surface area contributed by atoms with E-state index in [-0.39, 0.29) is 38.0 Å². The Hall–Kier alpha value is -3.93. The molecular formula is C53H84O6. The van der Waals surface area contributed by atoms with Gasteiger partial charge in [-0.05, 0) is 83.5 Å². The van der Waals surface area contributed by atoms with Gasteiger partial charge in [0.1, 0.15) is 13.2 Å². The Morgan fingerprint density at radius 1 is 0.373 bits per heavy atom. The van der Waals surface area contributed by atoms with Gasteiger partial charge >= 0.3 is 17.9 Å². The van der Waals surface area contributed by atoms with Crippen molar-refractivity contribution in [3.8, 4) is 0 Å². The summed E-state index contributed by atoms with van der Waals surface area (Å²) in [6.07, 6.45) is 62.4. The molecule has 0 fully saturated rings. The first-order chi connectivity index (χ1) is 29.0. The van der Waals surface area contributed by atoms with E-state index in [0.29, 0.717) is 19.3 Å². The van der Waals surface area contributed by atoms with Gasteiger partial charge in [-0.15, -0.1) is 0 Å². The first-order valence-electron chi connectivity index (χ1n) is 23.5. The van der Waals surface area contributed by atoms with Gasteiger partial charge in [0.2, 0.25) is 0 Å². The lowest BCUT2D eigenvalue weighted by molar-refractivity contribution is -0.167. The Morgan fingerprint density at radius 2 is 0.763 bits per heavy atom. The number of allylic oxidation sites excluding steroid dienone is 18. The molecule has 0 spiro atoms. The standard InChI is InChI=1S/C53H84O6/c1-4-7-10-13-16-19-21-23-24-25-26-27-28-30-31-34-37-40-43-46-52(55)58-49-50(48-57-51(54)45-42-39-36-33-18-15-12-9-6-3)59-53(56)47-44-41-38-35-32-29-22-20-17-14-11-8-5-2/h7-8,10-11,14,16-17,19-20,22-24,29,32-33,35-36,38,50H,4-6,9,12-13,15,18,21,25-28,30-31,34,37,39-49H2,1-3H3/b10-7-,11-8-,17-14-,19-16-,22-20-,24-23-,32-29-,36-33-,38-35-. The summed E-state index contributed by atoms with van der Waals surface area (Å²) in [6.45, 7) is 6.23. The Kier molecular flexibility index (Phi) is 43.6. The van der Waals surface area contributed by atoms with E-state index in [9.17, 15) is 14.4 Å². The molecule has 0 aliphatic carbocycles. The van der Waals surface area contributed by atoms with E-state index in [1.165, 1.54) is 64.2 Å². The van der Waals surface area contributed by atoms with Crippen molar-refractivity contribution in [3.05, 3.63) is 109 Å². The van der Waals surface area contributed by atoms with Gasteiger partial charge in [0.05, 0.1) is 0 Å². The van der Waals surface area contributed by atoms with Crippen molar-refractivity contribution < 1.29 is 28.6 Å². The molecule has 0 rings (SSSR count). The summed E-state index contributed by atoms with van der Waals surface area (Å²) in [4.78, 5) is 37.7. The highest BCUT2D eigenvalue weighted by Gasteiger charge is 2.19. The molecule has 0 bridgehead atoms. The van der Waals surface area contributed by atoms with E-state index in [1.54, 1.807) is 0 Å². The molecule has 0 aliphatic rings. The minimum Gasteiger partial charge on any atom is -0.462 e. The van der Waals surface area contributed by atoms with Crippen molar-refractivity contribution in [2.24, 2.45) is 0 Å². The highest BCUT2D eigenvalue weighted by molar-refractivity contribution is 5.71. The number of esters is 3. The van der Waals surface area contributed by atoms with Crippen molar-refractivity contribution in [1.82, 2.24) is 0 Å². The van der Waals surface area contributed by atoms with Gasteiger partial charge < -0.3 is 14.2 Å². The average molecular weight is 817 g/mol. The van der Waals surface area contributed by atoms with E-state index in [0.717, 1.165) is 70.6 Å². The summed E-state index contributed by atoms with van der Waals surface area (Å²) in [5, 5.41) is 0. The lowest BCUT2D eigenvalue weighted by Crippen LogP contribution is -2.30. The van der Waals surface area contributed by atoms with Crippen LogP contribution in [0.4, 0.5) is 0 Å². The summed E-state index contributed by atoms with van der Waals surface area (Å²) in [6, 6.07) is 0. The van der Waals surface area contributed by atoms with Crippen molar-refractivity contribution in [3.63, 3.8) is 0 Å². The molecular weight excluding hydrogens is 733 g/mol. The smallest absolute Gasteiger partial charge is 0.306 e. The molecule has 0 radical (unpaired) electrons. The fourth-order valence-electron chi connectivity index (χ4n) is 5.90. The third-order valence-electron chi connectivity index (χ3n) is 9.37. The maximum Gasteiger partial charge on any atom is 0.306 e. The number of rotatable bonds is 40. The Morgan fingerprint density at radius 3 is 1.32 bits per heavy atom. The van der Waals surface area contributed by atoms with Gasteiger partial charge in [-0.2, -0.15) is 0 Å². The van der Waals surface area contributed by atoms with Crippen LogP contribution in [0.1, 0.15) is 188 Å². The number of hydrogen-bond acceptors (Lipinski definition) is 6. The predicted molar refractivity (Wildman–Crippen MR) is 251 cm³/mol. The minimum atomic E-state index is -0.827. The molecule has 0 N–H and O–H groups in total. The van der Waals surface area contributed by atoms with Gasteiger partial charge in [-0.1, -0.05) is 194 Å². The molecule has 0 aromatic carbocycles. The summed E-state index contributed by atoms with van der Waals surface area (Å²) in [5.41, 5.74) is 0. The fraction of sp³-hybridized carbons (Fsp3) is 0.604. The van der Waals surface area contributed by atoms with Crippen LogP contribution in [-0.4, -0.2) is 37.2 Å². The Balaban J connectivity index is 4.45. The third-order valence-corrected chi connectivity index (χ3v) is 9.37. The molecule has 332 valence electrons. The molecule has 1 unspecified atom stereocenters. The van der Waals surface area contributed by atoms with Gasteiger partial charge in [0, 0.05) is 19.3 Å². The number of carbonyl (C=O) groups excluding carboxylic acids is 3. The molecule has 0 heterocycles. The monoisotopic (exact) mass is 817 g/mol. The highest BCUT2D eigenvalue weighted by atomic mass is 16.6. The van der Waals surface area contributed by atoms with Crippen LogP contribution >= 0.6 is 0 Å². The SMILES string of the molecule is CC\C=C/C=C\C=C/C=C\C=C/CCCC(=O)OC(COC(=O)CCC/C=C\CCCCCC)COC(=O)CCCCCCCCCCC/C=C\C/C=C\C/C=C\CC. The average Bonchev–Trinajstić information content (AvgIpc) is 3.23. The van der Waals surface area contributed by atoms with Gasteiger partial charge in [-0.3, -0.25) is 14.4 Å². The number of hydrogen-bond donors (Lipinski definition) is 0. The van der Waals surface area contributed by atoms with Crippen LogP contribution < -0.4 is 0 Å². The zero-order valence-corrected chi connectivity index (χ0v) is 37.7. The molecule has 0 aromatic rings. The summed E-state index contributed by atoms with van der Waals surface area (Å²) >= 11 is 0. The largest absolute Gasteiger partial charge is 0.462 e. The summed E-state index contributed by atoms with van der Waals surface area (Å²) in [7, 11) is 0. The second-order valence-corrected chi connectivity index (χ2v) is 15.0. The first kappa shape index (κ1) is 55.1. The quantitative estimate of drug-likeness (QED) is 0.0201. The molecule has 6 heteroatoms. The zero-order valence-electron chi connectivity index (χ0n) is 37.7. The van der Waals surface area contributed by atoms with E-state index in [1.807, 2.05) is 54.7 Å². The van der Waals surface area contributed by atoms with Gasteiger partial charge in [-0.25, -0.2) is 0 Å². The minimum absolute atomic E-state index is 0.120. The van der Waals surface area contributed by atoms with Crippen LogP contribution in [-0.2, 0) is 28.6 Å². The van der Waals surface area contributed by atoms with E-state index in [2.05, 4.69) is 75.5 Å². The molecule has 0 saturated heterocycles. The van der Waals surface area contributed by atoms with Crippen LogP contribution in [0.5, 0.6) is 0 Å². The number of carbonyl (C=O) groups is 3. The van der Waals surface area contributed by atoms with Crippen LogP contribution in [0.3, 0.4) is 0 Å². The Labute approximate surface area is 361 Å². The second-order valence-electron chi connectivity index (χ2n) is 15.0. The van der Waals surface area contributed by atoms with Gasteiger partial charge in [0.15, 0.2) is 6.10 Å². The second kappa shape index (κ2) is 46.8. The normalized spacial score (nSPS) is 13.1. The highest BCUT2D eigenvalue weighted by Crippen LogP contribution is 2.13. The van der Waals surface area contributed by atoms with Crippen LogP contribution in [0.25, 0.3) is 0 Å². The molecule has 0 amide bonds. The van der Waals surface area contributed by atoms with Crippen molar-refractivity contribution in [2.45, 2.75) is 194 Å². The van der Waals surface area contributed by atoms with E-state index in [4.69, 9.17) is 14.2 Å². The molecule has 6 nitrogen and oxygen atoms in total. The number of ether oxygens (including phenoxy) is 3. The van der Waals surface area contributed by atoms with Crippen LogP contribution in [0.2, 0.25) is 0 Å². The molecule has 1 atom stereocenters. The van der Waals surface area contributed by atoms with E-state index >= 15 is 0 Å². The van der Waals surface area contributed by atoms with Crippen LogP contribution in [0, 0.1) is 0 Å². The zero-order chi connectivity index (χ0) is 43.0. The fourth-order valence-corrected chi connectivity index (χ4v) is 5.90. The van der Waals surface area contributed by atoms with Gasteiger partial charge in [0.25, 0.3) is 0 Å². The first-order valence-corrected chi connectivity index (χ1v) is 23.5. The lowest BCUT2D eigenvalue weighted by atomic mass is 10.1. The molecule has 0 aromatic heterocycles. The van der Waals surface area contributed by atoms with Crippen molar-refractivity contribution in [2.75, 3.05) is 13.2 Å². The molecule has 0 saturated carbocycles.